The molecule has 2 atom stereocenters. The van der Waals surface area contributed by atoms with E-state index in [0.717, 1.165) is 19.6 Å². The molecule has 0 saturated carbocycles. The number of rotatable bonds is 7. The molecule has 1 aliphatic carbocycles. The van der Waals surface area contributed by atoms with E-state index in [0.29, 0.717) is 5.92 Å². The largest absolute Gasteiger partial charge is 0.383 e. The minimum Gasteiger partial charge on any atom is -0.383 e. The zero-order chi connectivity index (χ0) is 13.9. The molecule has 0 spiro atoms. The fourth-order valence-corrected chi connectivity index (χ4v) is 4.08. The van der Waals surface area contributed by atoms with Crippen molar-refractivity contribution in [2.75, 3.05) is 20.3 Å². The first-order valence-corrected chi connectivity index (χ1v) is 8.16. The van der Waals surface area contributed by atoms with Crippen LogP contribution in [0, 0.1) is 5.92 Å². The number of methoxy groups -OCH3 is 1. The monoisotopic (exact) mass is 282 g/mol. The Labute approximate surface area is 120 Å². The van der Waals surface area contributed by atoms with Crippen LogP contribution in [-0.4, -0.2) is 25.2 Å². The smallest absolute Gasteiger partial charge is 0.113 e. The molecule has 1 heterocycles. The molecular formula is C15H26N2OS. The van der Waals surface area contributed by atoms with Crippen LogP contribution in [0.25, 0.3) is 0 Å². The number of fused-ring (bicyclic) bond motifs is 1. The van der Waals surface area contributed by atoms with E-state index in [1.165, 1.54) is 34.8 Å². The highest BCUT2D eigenvalue weighted by Gasteiger charge is 2.36. The molecule has 2 rings (SSSR count). The minimum atomic E-state index is -0.0255. The lowest BCUT2D eigenvalue weighted by Gasteiger charge is -2.34. The summed E-state index contributed by atoms with van der Waals surface area (Å²) in [6, 6.07) is 0. The van der Waals surface area contributed by atoms with Gasteiger partial charge in [0.25, 0.3) is 0 Å². The van der Waals surface area contributed by atoms with Crippen LogP contribution in [0.3, 0.4) is 0 Å². The molecular weight excluding hydrogens is 256 g/mol. The van der Waals surface area contributed by atoms with E-state index in [-0.39, 0.29) is 5.54 Å². The summed E-state index contributed by atoms with van der Waals surface area (Å²) in [7, 11) is 1.75. The Morgan fingerprint density at radius 1 is 1.47 bits per heavy atom. The summed E-state index contributed by atoms with van der Waals surface area (Å²) in [6.07, 6.45) is 4.83. The fourth-order valence-electron chi connectivity index (χ4n) is 2.69. The molecule has 0 saturated heterocycles. The highest BCUT2D eigenvalue weighted by atomic mass is 32.1. The predicted octanol–water partition coefficient (Wildman–Crippen LogP) is 3.13. The van der Waals surface area contributed by atoms with Crippen molar-refractivity contribution in [1.82, 2.24) is 10.3 Å². The maximum absolute atomic E-state index is 5.17. The van der Waals surface area contributed by atoms with Gasteiger partial charge in [0.05, 0.1) is 17.8 Å². The Morgan fingerprint density at radius 3 is 2.89 bits per heavy atom. The number of aromatic nitrogens is 1. The average Bonchev–Trinajstić information content (AvgIpc) is 2.98. The summed E-state index contributed by atoms with van der Waals surface area (Å²) in [6.45, 7) is 8.48. The summed E-state index contributed by atoms with van der Waals surface area (Å²) >= 11 is 1.92. The number of aryl methyl sites for hydroxylation is 2. The average molecular weight is 282 g/mol. The maximum Gasteiger partial charge on any atom is 0.113 e. The fraction of sp³-hybridized carbons (Fsp3) is 0.800. The van der Waals surface area contributed by atoms with Crippen LogP contribution in [0.15, 0.2) is 0 Å². The molecule has 0 aromatic carbocycles. The van der Waals surface area contributed by atoms with E-state index in [9.17, 15) is 0 Å². The number of nitrogens with one attached hydrogen (secondary N) is 1. The highest BCUT2D eigenvalue weighted by molar-refractivity contribution is 7.12. The molecule has 1 N–H and O–H groups in total. The van der Waals surface area contributed by atoms with Crippen molar-refractivity contribution >= 4 is 11.3 Å². The molecule has 1 aromatic rings. The third kappa shape index (κ3) is 3.01. The lowest BCUT2D eigenvalue weighted by atomic mass is 9.85. The van der Waals surface area contributed by atoms with Gasteiger partial charge in [0.1, 0.15) is 5.01 Å². The van der Waals surface area contributed by atoms with Crippen molar-refractivity contribution in [3.8, 4) is 0 Å². The predicted molar refractivity (Wildman–Crippen MR) is 80.8 cm³/mol. The van der Waals surface area contributed by atoms with Gasteiger partial charge in [-0.05, 0) is 32.1 Å². The quantitative estimate of drug-likeness (QED) is 0.780. The molecule has 0 aliphatic heterocycles. The number of ether oxygens (including phenoxy) is 1. The first-order valence-electron chi connectivity index (χ1n) is 7.34. The molecule has 0 radical (unpaired) electrons. The van der Waals surface area contributed by atoms with Crippen LogP contribution < -0.4 is 5.32 Å². The minimum absolute atomic E-state index is 0.0255. The molecule has 0 amide bonds. The van der Waals surface area contributed by atoms with Crippen molar-refractivity contribution in [3.63, 3.8) is 0 Å². The Morgan fingerprint density at radius 2 is 2.26 bits per heavy atom. The Kier molecular flexibility index (Phi) is 4.98. The molecule has 0 fully saturated rings. The van der Waals surface area contributed by atoms with E-state index < -0.39 is 0 Å². The van der Waals surface area contributed by atoms with Gasteiger partial charge in [0.15, 0.2) is 0 Å². The molecule has 1 aromatic heterocycles. The van der Waals surface area contributed by atoms with Gasteiger partial charge in [-0.15, -0.1) is 11.3 Å². The molecule has 19 heavy (non-hydrogen) atoms. The first-order chi connectivity index (χ1) is 9.11. The Bertz CT molecular complexity index is 397. The van der Waals surface area contributed by atoms with Crippen LogP contribution in [0.2, 0.25) is 0 Å². The lowest BCUT2D eigenvalue weighted by Crippen LogP contribution is -2.46. The van der Waals surface area contributed by atoms with Gasteiger partial charge >= 0.3 is 0 Å². The van der Waals surface area contributed by atoms with Crippen LogP contribution in [-0.2, 0) is 23.1 Å². The third-order valence-corrected chi connectivity index (χ3v) is 5.83. The zero-order valence-corrected chi connectivity index (χ0v) is 13.4. The topological polar surface area (TPSA) is 34.1 Å². The Hall–Kier alpha value is -0.450. The second kappa shape index (κ2) is 6.33. The van der Waals surface area contributed by atoms with E-state index in [4.69, 9.17) is 9.72 Å². The molecule has 0 bridgehead atoms. The molecule has 108 valence electrons. The summed E-state index contributed by atoms with van der Waals surface area (Å²) in [4.78, 5) is 6.44. The number of hydrogen-bond donors (Lipinski definition) is 1. The van der Waals surface area contributed by atoms with Crippen molar-refractivity contribution in [2.24, 2.45) is 5.92 Å². The van der Waals surface area contributed by atoms with Gasteiger partial charge < -0.3 is 10.1 Å². The molecule has 3 nitrogen and oxygen atoms in total. The van der Waals surface area contributed by atoms with Crippen LogP contribution >= 0.6 is 11.3 Å². The second-order valence-electron chi connectivity index (χ2n) is 5.67. The van der Waals surface area contributed by atoms with E-state index in [1.807, 2.05) is 11.3 Å². The number of thiazole rings is 1. The zero-order valence-electron chi connectivity index (χ0n) is 12.6. The maximum atomic E-state index is 5.17. The summed E-state index contributed by atoms with van der Waals surface area (Å²) < 4.78 is 5.17. The standard InChI is InChI=1S/C15H26N2OS/c1-5-11(2)15(3,16-9-10-18-4)14-17-12-7-6-8-13(12)19-14/h11,16H,5-10H2,1-4H3. The lowest BCUT2D eigenvalue weighted by molar-refractivity contribution is 0.168. The molecule has 1 aliphatic rings. The molecule has 2 unspecified atom stereocenters. The van der Waals surface area contributed by atoms with Crippen molar-refractivity contribution in [2.45, 2.75) is 52.0 Å². The summed E-state index contributed by atoms with van der Waals surface area (Å²) in [5.41, 5.74) is 1.32. The van der Waals surface area contributed by atoms with E-state index in [1.54, 1.807) is 7.11 Å². The van der Waals surface area contributed by atoms with Crippen LogP contribution in [0.1, 0.15) is 49.2 Å². The van der Waals surface area contributed by atoms with Gasteiger partial charge in [-0.25, -0.2) is 4.98 Å². The van der Waals surface area contributed by atoms with E-state index >= 15 is 0 Å². The number of nitrogens with zero attached hydrogens (tertiary/aromatic N) is 1. The van der Waals surface area contributed by atoms with Gasteiger partial charge in [0, 0.05) is 18.5 Å². The number of hydrogen-bond acceptors (Lipinski definition) is 4. The summed E-state index contributed by atoms with van der Waals surface area (Å²) in [5, 5.41) is 4.94. The summed E-state index contributed by atoms with van der Waals surface area (Å²) in [5.74, 6) is 0.565. The first kappa shape index (κ1) is 14.9. The van der Waals surface area contributed by atoms with Crippen LogP contribution in [0.4, 0.5) is 0 Å². The van der Waals surface area contributed by atoms with Gasteiger partial charge in [-0.3, -0.25) is 0 Å². The second-order valence-corrected chi connectivity index (χ2v) is 6.76. The van der Waals surface area contributed by atoms with E-state index in [2.05, 4.69) is 26.1 Å². The normalized spacial score (nSPS) is 19.2. The van der Waals surface area contributed by atoms with Crippen LogP contribution in [0.5, 0.6) is 0 Å². The highest BCUT2D eigenvalue weighted by Crippen LogP contribution is 2.38. The van der Waals surface area contributed by atoms with Gasteiger partial charge in [0.2, 0.25) is 0 Å². The van der Waals surface area contributed by atoms with Gasteiger partial charge in [-0.2, -0.15) is 0 Å². The van der Waals surface area contributed by atoms with Crippen molar-refractivity contribution in [1.29, 1.82) is 0 Å². The Balaban J connectivity index is 2.20. The molecule has 4 heteroatoms. The SMILES string of the molecule is CCC(C)C(C)(NCCOC)c1nc2c(s1)CCC2. The van der Waals surface area contributed by atoms with Crippen molar-refractivity contribution < 1.29 is 4.74 Å². The third-order valence-electron chi connectivity index (χ3n) is 4.44. The van der Waals surface area contributed by atoms with Crippen molar-refractivity contribution in [3.05, 3.63) is 15.6 Å². The van der Waals surface area contributed by atoms with Gasteiger partial charge in [-0.1, -0.05) is 20.3 Å².